The molecular formula is C10H11ClFN. The van der Waals surface area contributed by atoms with Gasteiger partial charge < -0.3 is 5.32 Å². The second-order valence-corrected chi connectivity index (χ2v) is 3.80. The maximum Gasteiger partial charge on any atom is 0.123 e. The minimum Gasteiger partial charge on any atom is -0.310 e. The topological polar surface area (TPSA) is 12.0 Å². The summed E-state index contributed by atoms with van der Waals surface area (Å²) in [5.74, 6) is -0.225. The van der Waals surface area contributed by atoms with E-state index in [1.807, 2.05) is 0 Å². The van der Waals surface area contributed by atoms with Crippen LogP contribution in [0.2, 0.25) is 5.02 Å². The monoisotopic (exact) mass is 199 g/mol. The lowest BCUT2D eigenvalue weighted by molar-refractivity contribution is 0.619. The SMILES string of the molecule is Fc1ccc(Cl)c(CNC2CC2)c1. The highest BCUT2D eigenvalue weighted by molar-refractivity contribution is 6.31. The number of halogens is 2. The number of hydrogen-bond donors (Lipinski definition) is 1. The molecule has 1 aromatic carbocycles. The van der Waals surface area contributed by atoms with Crippen molar-refractivity contribution >= 4 is 11.6 Å². The van der Waals surface area contributed by atoms with Gasteiger partial charge in [0.05, 0.1) is 0 Å². The van der Waals surface area contributed by atoms with E-state index in [1.54, 1.807) is 6.07 Å². The van der Waals surface area contributed by atoms with Crippen molar-refractivity contribution in [2.75, 3.05) is 0 Å². The van der Waals surface area contributed by atoms with Gasteiger partial charge in [-0.3, -0.25) is 0 Å². The van der Waals surface area contributed by atoms with Crippen molar-refractivity contribution in [2.45, 2.75) is 25.4 Å². The van der Waals surface area contributed by atoms with Crippen LogP contribution >= 0.6 is 11.6 Å². The highest BCUT2D eigenvalue weighted by Crippen LogP contribution is 2.21. The van der Waals surface area contributed by atoms with Gasteiger partial charge in [0.2, 0.25) is 0 Å². The van der Waals surface area contributed by atoms with Gasteiger partial charge >= 0.3 is 0 Å². The van der Waals surface area contributed by atoms with Crippen LogP contribution in [0.25, 0.3) is 0 Å². The molecule has 0 bridgehead atoms. The van der Waals surface area contributed by atoms with Gasteiger partial charge in [-0.15, -0.1) is 0 Å². The summed E-state index contributed by atoms with van der Waals surface area (Å²) < 4.78 is 12.8. The number of hydrogen-bond acceptors (Lipinski definition) is 1. The van der Waals surface area contributed by atoms with Gasteiger partial charge in [-0.05, 0) is 36.6 Å². The molecule has 0 spiro atoms. The number of nitrogens with one attached hydrogen (secondary N) is 1. The predicted molar refractivity (Wildman–Crippen MR) is 51.3 cm³/mol. The van der Waals surface area contributed by atoms with E-state index in [1.165, 1.54) is 25.0 Å². The van der Waals surface area contributed by atoms with E-state index in [0.717, 1.165) is 5.56 Å². The summed E-state index contributed by atoms with van der Waals surface area (Å²) >= 11 is 5.89. The molecule has 0 unspecified atom stereocenters. The lowest BCUT2D eigenvalue weighted by Gasteiger charge is -2.05. The normalized spacial score (nSPS) is 16.2. The molecule has 1 saturated carbocycles. The summed E-state index contributed by atoms with van der Waals surface area (Å²) in [4.78, 5) is 0. The molecule has 3 heteroatoms. The van der Waals surface area contributed by atoms with Crippen molar-refractivity contribution in [3.63, 3.8) is 0 Å². The Hall–Kier alpha value is -0.600. The van der Waals surface area contributed by atoms with Gasteiger partial charge in [-0.25, -0.2) is 4.39 Å². The Morgan fingerprint density at radius 2 is 2.23 bits per heavy atom. The van der Waals surface area contributed by atoms with Crippen LogP contribution in [0, 0.1) is 5.82 Å². The van der Waals surface area contributed by atoms with Crippen LogP contribution in [0.4, 0.5) is 4.39 Å². The molecule has 0 amide bonds. The quantitative estimate of drug-likeness (QED) is 0.790. The zero-order chi connectivity index (χ0) is 9.26. The molecule has 1 aliphatic rings. The first kappa shape index (κ1) is 8.97. The maximum absolute atomic E-state index is 12.8. The molecule has 0 atom stereocenters. The third-order valence-electron chi connectivity index (χ3n) is 2.17. The molecule has 13 heavy (non-hydrogen) atoms. The zero-order valence-electron chi connectivity index (χ0n) is 7.19. The Morgan fingerprint density at radius 3 is 2.92 bits per heavy atom. The molecule has 0 aliphatic heterocycles. The first-order chi connectivity index (χ1) is 6.25. The van der Waals surface area contributed by atoms with Crippen LogP contribution in [-0.4, -0.2) is 6.04 Å². The van der Waals surface area contributed by atoms with Crippen LogP contribution in [0.1, 0.15) is 18.4 Å². The molecule has 2 rings (SSSR count). The smallest absolute Gasteiger partial charge is 0.123 e. The standard InChI is InChI=1S/C10H11ClFN/c11-10-4-1-8(12)5-7(10)6-13-9-2-3-9/h1,4-5,9,13H,2-3,6H2. The number of rotatable bonds is 3. The van der Waals surface area contributed by atoms with E-state index >= 15 is 0 Å². The molecule has 0 heterocycles. The van der Waals surface area contributed by atoms with Gasteiger partial charge in [0.1, 0.15) is 5.82 Å². The molecule has 1 aromatic rings. The summed E-state index contributed by atoms with van der Waals surface area (Å²) in [5, 5.41) is 3.92. The summed E-state index contributed by atoms with van der Waals surface area (Å²) in [7, 11) is 0. The van der Waals surface area contributed by atoms with E-state index in [2.05, 4.69) is 5.32 Å². The van der Waals surface area contributed by atoms with Gasteiger partial charge in [-0.2, -0.15) is 0 Å². The second kappa shape index (κ2) is 3.64. The van der Waals surface area contributed by atoms with E-state index in [-0.39, 0.29) is 5.82 Å². The molecule has 1 N–H and O–H groups in total. The average Bonchev–Trinajstić information content (AvgIpc) is 2.90. The van der Waals surface area contributed by atoms with E-state index < -0.39 is 0 Å². The molecule has 0 radical (unpaired) electrons. The lowest BCUT2D eigenvalue weighted by atomic mass is 10.2. The highest BCUT2D eigenvalue weighted by atomic mass is 35.5. The molecule has 0 aromatic heterocycles. The van der Waals surface area contributed by atoms with Crippen molar-refractivity contribution in [3.8, 4) is 0 Å². The van der Waals surface area contributed by atoms with Crippen LogP contribution < -0.4 is 5.32 Å². The van der Waals surface area contributed by atoms with E-state index in [9.17, 15) is 4.39 Å². The first-order valence-electron chi connectivity index (χ1n) is 4.43. The molecular weight excluding hydrogens is 189 g/mol. The Labute approximate surface area is 81.9 Å². The predicted octanol–water partition coefficient (Wildman–Crippen LogP) is 2.73. The summed E-state index contributed by atoms with van der Waals surface area (Å²) in [6.45, 7) is 0.668. The minimum atomic E-state index is -0.225. The fourth-order valence-corrected chi connectivity index (χ4v) is 1.40. The number of benzene rings is 1. The maximum atomic E-state index is 12.8. The van der Waals surface area contributed by atoms with Crippen molar-refractivity contribution in [2.24, 2.45) is 0 Å². The average molecular weight is 200 g/mol. The molecule has 1 fully saturated rings. The highest BCUT2D eigenvalue weighted by Gasteiger charge is 2.20. The minimum absolute atomic E-state index is 0.225. The third kappa shape index (κ3) is 2.42. The summed E-state index contributed by atoms with van der Waals surface area (Å²) in [5.41, 5.74) is 0.841. The second-order valence-electron chi connectivity index (χ2n) is 3.39. The fraction of sp³-hybridized carbons (Fsp3) is 0.400. The molecule has 1 aliphatic carbocycles. The first-order valence-corrected chi connectivity index (χ1v) is 4.81. The van der Waals surface area contributed by atoms with Crippen molar-refractivity contribution in [1.82, 2.24) is 5.32 Å². The molecule has 0 saturated heterocycles. The Balaban J connectivity index is 2.03. The molecule has 70 valence electrons. The van der Waals surface area contributed by atoms with Crippen LogP contribution in [0.5, 0.6) is 0 Å². The molecule has 1 nitrogen and oxygen atoms in total. The Morgan fingerprint density at radius 1 is 1.46 bits per heavy atom. The van der Waals surface area contributed by atoms with Gasteiger partial charge in [0, 0.05) is 17.6 Å². The zero-order valence-corrected chi connectivity index (χ0v) is 7.94. The van der Waals surface area contributed by atoms with Crippen molar-refractivity contribution in [1.29, 1.82) is 0 Å². The van der Waals surface area contributed by atoms with Crippen molar-refractivity contribution < 1.29 is 4.39 Å². The largest absolute Gasteiger partial charge is 0.310 e. The van der Waals surface area contributed by atoms with Gasteiger partial charge in [-0.1, -0.05) is 11.6 Å². The third-order valence-corrected chi connectivity index (χ3v) is 2.54. The Kier molecular flexibility index (Phi) is 2.51. The summed E-state index contributed by atoms with van der Waals surface area (Å²) in [6.07, 6.45) is 2.46. The van der Waals surface area contributed by atoms with Crippen molar-refractivity contribution in [3.05, 3.63) is 34.6 Å². The fourth-order valence-electron chi connectivity index (χ4n) is 1.22. The van der Waals surface area contributed by atoms with Crippen LogP contribution in [-0.2, 0) is 6.54 Å². The van der Waals surface area contributed by atoms with Gasteiger partial charge in [0.25, 0.3) is 0 Å². The van der Waals surface area contributed by atoms with Crippen LogP contribution in [0.15, 0.2) is 18.2 Å². The summed E-state index contributed by atoms with van der Waals surface area (Å²) in [6, 6.07) is 5.08. The Bertz CT molecular complexity index is 310. The van der Waals surface area contributed by atoms with E-state index in [4.69, 9.17) is 11.6 Å². The lowest BCUT2D eigenvalue weighted by Crippen LogP contribution is -2.15. The van der Waals surface area contributed by atoms with Gasteiger partial charge in [0.15, 0.2) is 0 Å². The van der Waals surface area contributed by atoms with E-state index in [0.29, 0.717) is 17.6 Å². The van der Waals surface area contributed by atoms with Crippen LogP contribution in [0.3, 0.4) is 0 Å².